The molecule has 0 spiro atoms. The zero-order valence-corrected chi connectivity index (χ0v) is 13.5. The summed E-state index contributed by atoms with van der Waals surface area (Å²) >= 11 is 0. The zero-order valence-electron chi connectivity index (χ0n) is 12.7. The average molecular weight is 357 g/mol. The maximum atomic E-state index is 13.7. The summed E-state index contributed by atoms with van der Waals surface area (Å²) in [5, 5.41) is 0. The van der Waals surface area contributed by atoms with Crippen LogP contribution in [0.4, 0.5) is 14.5 Å². The lowest BCUT2D eigenvalue weighted by molar-refractivity contribution is 0.0597. The Labute approximate surface area is 137 Å². The Bertz CT molecular complexity index is 863. The lowest BCUT2D eigenvalue weighted by atomic mass is 10.2. The standard InChI is InChI=1S/C15H13F2NO5S/c1-22-13-9(15(19)23-2)5-3-8-12(13)18-24(20,21)14-10(16)6-4-7-11(14)17/h3-8,18H,1-2H3. The van der Waals surface area contributed by atoms with Crippen LogP contribution < -0.4 is 9.46 Å². The first-order valence-electron chi connectivity index (χ1n) is 6.54. The molecule has 0 radical (unpaired) electrons. The highest BCUT2D eigenvalue weighted by atomic mass is 32.2. The van der Waals surface area contributed by atoms with Crippen LogP contribution in [-0.2, 0) is 14.8 Å². The molecule has 2 rings (SSSR count). The molecular formula is C15H13F2NO5S. The summed E-state index contributed by atoms with van der Waals surface area (Å²) in [5.41, 5.74) is -0.211. The van der Waals surface area contributed by atoms with Crippen LogP contribution in [0.5, 0.6) is 5.75 Å². The van der Waals surface area contributed by atoms with Crippen molar-refractivity contribution in [1.29, 1.82) is 0 Å². The number of nitrogens with one attached hydrogen (secondary N) is 1. The van der Waals surface area contributed by atoms with E-state index in [4.69, 9.17) is 4.74 Å². The van der Waals surface area contributed by atoms with Crippen LogP contribution in [0.3, 0.4) is 0 Å². The average Bonchev–Trinajstić information content (AvgIpc) is 2.53. The molecule has 0 atom stereocenters. The van der Waals surface area contributed by atoms with Crippen LogP contribution >= 0.6 is 0 Å². The Balaban J connectivity index is 2.53. The number of rotatable bonds is 5. The van der Waals surface area contributed by atoms with Crippen molar-refractivity contribution in [2.24, 2.45) is 0 Å². The number of sulfonamides is 1. The fraction of sp³-hybridized carbons (Fsp3) is 0.133. The van der Waals surface area contributed by atoms with E-state index < -0.39 is 32.5 Å². The number of hydrogen-bond acceptors (Lipinski definition) is 5. The van der Waals surface area contributed by atoms with Gasteiger partial charge in [-0.2, -0.15) is 0 Å². The first-order valence-corrected chi connectivity index (χ1v) is 8.02. The van der Waals surface area contributed by atoms with E-state index in [0.29, 0.717) is 0 Å². The molecule has 0 unspecified atom stereocenters. The summed E-state index contributed by atoms with van der Waals surface area (Å²) in [4.78, 5) is 10.6. The Morgan fingerprint density at radius 2 is 1.62 bits per heavy atom. The van der Waals surface area contributed by atoms with E-state index in [-0.39, 0.29) is 17.0 Å². The predicted molar refractivity (Wildman–Crippen MR) is 81.5 cm³/mol. The van der Waals surface area contributed by atoms with Crippen molar-refractivity contribution in [1.82, 2.24) is 0 Å². The molecule has 0 aliphatic heterocycles. The Hall–Kier alpha value is -2.68. The lowest BCUT2D eigenvalue weighted by Crippen LogP contribution is -2.17. The second-order valence-electron chi connectivity index (χ2n) is 4.53. The van der Waals surface area contributed by atoms with Crippen molar-refractivity contribution in [3.8, 4) is 5.75 Å². The third-order valence-corrected chi connectivity index (χ3v) is 4.47. The third-order valence-electron chi connectivity index (χ3n) is 3.06. The predicted octanol–water partition coefficient (Wildman–Crippen LogP) is 2.56. The highest BCUT2D eigenvalue weighted by molar-refractivity contribution is 7.92. The van der Waals surface area contributed by atoms with Gasteiger partial charge < -0.3 is 9.47 Å². The first kappa shape index (κ1) is 17.7. The summed E-state index contributed by atoms with van der Waals surface area (Å²) in [6, 6.07) is 6.68. The molecule has 1 N–H and O–H groups in total. The van der Waals surface area contributed by atoms with Crippen LogP contribution in [0.2, 0.25) is 0 Å². The van der Waals surface area contributed by atoms with Gasteiger partial charge in [0.15, 0.2) is 10.6 Å². The number of para-hydroxylation sites is 1. The number of esters is 1. The summed E-state index contributed by atoms with van der Waals surface area (Å²) in [7, 11) is -2.23. The number of carbonyl (C=O) groups is 1. The molecule has 0 saturated heterocycles. The smallest absolute Gasteiger partial charge is 0.341 e. The van der Waals surface area contributed by atoms with Gasteiger partial charge >= 0.3 is 5.97 Å². The minimum atomic E-state index is -4.59. The molecule has 9 heteroatoms. The molecule has 0 fully saturated rings. The fourth-order valence-corrected chi connectivity index (χ4v) is 3.24. The maximum absolute atomic E-state index is 13.7. The SMILES string of the molecule is COC(=O)c1cccc(NS(=O)(=O)c2c(F)cccc2F)c1OC. The van der Waals surface area contributed by atoms with Gasteiger partial charge in [-0.15, -0.1) is 0 Å². The minimum Gasteiger partial charge on any atom is -0.494 e. The van der Waals surface area contributed by atoms with Crippen molar-refractivity contribution in [3.05, 3.63) is 53.6 Å². The Kier molecular flexibility index (Phi) is 5.03. The number of halogens is 2. The van der Waals surface area contributed by atoms with Gasteiger partial charge in [0, 0.05) is 0 Å². The highest BCUT2D eigenvalue weighted by Gasteiger charge is 2.26. The summed E-state index contributed by atoms with van der Waals surface area (Å²) < 4.78 is 63.7. The van der Waals surface area contributed by atoms with E-state index >= 15 is 0 Å². The van der Waals surface area contributed by atoms with Gasteiger partial charge in [-0.3, -0.25) is 4.72 Å². The van der Waals surface area contributed by atoms with E-state index in [1.807, 2.05) is 4.72 Å². The lowest BCUT2D eigenvalue weighted by Gasteiger charge is -2.14. The number of benzene rings is 2. The van der Waals surface area contributed by atoms with Crippen molar-refractivity contribution < 1.29 is 31.5 Å². The summed E-state index contributed by atoms with van der Waals surface area (Å²) in [5.74, 6) is -3.38. The molecule has 0 aliphatic carbocycles. The van der Waals surface area contributed by atoms with Crippen molar-refractivity contribution in [3.63, 3.8) is 0 Å². The van der Waals surface area contributed by atoms with Gasteiger partial charge in [-0.25, -0.2) is 22.0 Å². The van der Waals surface area contributed by atoms with Crippen molar-refractivity contribution in [2.75, 3.05) is 18.9 Å². The molecule has 0 aromatic heterocycles. The number of ether oxygens (including phenoxy) is 2. The van der Waals surface area contributed by atoms with E-state index in [0.717, 1.165) is 25.3 Å². The summed E-state index contributed by atoms with van der Waals surface area (Å²) in [6.45, 7) is 0. The van der Waals surface area contributed by atoms with E-state index in [1.54, 1.807) is 0 Å². The highest BCUT2D eigenvalue weighted by Crippen LogP contribution is 2.32. The normalized spacial score (nSPS) is 11.0. The largest absolute Gasteiger partial charge is 0.494 e. The molecule has 0 saturated carbocycles. The molecule has 24 heavy (non-hydrogen) atoms. The topological polar surface area (TPSA) is 81.7 Å². The number of hydrogen-bond donors (Lipinski definition) is 1. The van der Waals surface area contributed by atoms with Gasteiger partial charge in [-0.05, 0) is 24.3 Å². The van der Waals surface area contributed by atoms with Crippen LogP contribution in [-0.4, -0.2) is 28.6 Å². The molecule has 0 aliphatic rings. The molecule has 128 valence electrons. The van der Waals surface area contributed by atoms with Gasteiger partial charge in [0.25, 0.3) is 10.0 Å². The molecule has 2 aromatic rings. The molecule has 0 bridgehead atoms. The van der Waals surface area contributed by atoms with Crippen LogP contribution in [0.25, 0.3) is 0 Å². The van der Waals surface area contributed by atoms with E-state index in [2.05, 4.69) is 4.74 Å². The molecule has 0 heterocycles. The molecule has 0 amide bonds. The summed E-state index contributed by atoms with van der Waals surface area (Å²) in [6.07, 6.45) is 0. The van der Waals surface area contributed by atoms with Gasteiger partial charge in [0.1, 0.15) is 17.2 Å². The maximum Gasteiger partial charge on any atom is 0.341 e. The van der Waals surface area contributed by atoms with Crippen LogP contribution in [0.15, 0.2) is 41.3 Å². The molecule has 6 nitrogen and oxygen atoms in total. The van der Waals surface area contributed by atoms with Gasteiger partial charge in [-0.1, -0.05) is 12.1 Å². The fourth-order valence-electron chi connectivity index (χ4n) is 2.04. The van der Waals surface area contributed by atoms with Crippen LogP contribution in [0.1, 0.15) is 10.4 Å². The van der Waals surface area contributed by atoms with Crippen molar-refractivity contribution in [2.45, 2.75) is 4.90 Å². The van der Waals surface area contributed by atoms with Crippen LogP contribution in [0, 0.1) is 11.6 Å². The van der Waals surface area contributed by atoms with Gasteiger partial charge in [0.05, 0.1) is 19.9 Å². The van der Waals surface area contributed by atoms with Gasteiger partial charge in [0.2, 0.25) is 0 Å². The van der Waals surface area contributed by atoms with E-state index in [9.17, 15) is 22.0 Å². The minimum absolute atomic E-state index is 0.0470. The number of anilines is 1. The zero-order chi connectivity index (χ0) is 17.9. The number of methoxy groups -OCH3 is 2. The monoisotopic (exact) mass is 357 g/mol. The Morgan fingerprint density at radius 1 is 1.04 bits per heavy atom. The number of carbonyl (C=O) groups excluding carboxylic acids is 1. The molecular weight excluding hydrogens is 344 g/mol. The quantitative estimate of drug-likeness (QED) is 0.832. The van der Waals surface area contributed by atoms with Crippen molar-refractivity contribution >= 4 is 21.7 Å². The first-order chi connectivity index (χ1) is 11.3. The molecule has 2 aromatic carbocycles. The second-order valence-corrected chi connectivity index (χ2v) is 6.15. The Morgan fingerprint density at radius 3 is 2.17 bits per heavy atom. The second kappa shape index (κ2) is 6.83. The van der Waals surface area contributed by atoms with E-state index in [1.165, 1.54) is 25.3 Å². The third kappa shape index (κ3) is 3.30.